The molecule has 2 N–H and O–H groups in total. The van der Waals surface area contributed by atoms with Crippen molar-refractivity contribution in [1.82, 2.24) is 0 Å². The van der Waals surface area contributed by atoms with Crippen LogP contribution in [-0.4, -0.2) is 46.3 Å². The van der Waals surface area contributed by atoms with Crippen LogP contribution in [0.25, 0.3) is 0 Å². The molecule has 0 unspecified atom stereocenters. The lowest BCUT2D eigenvalue weighted by molar-refractivity contribution is -0.304. The summed E-state index contributed by atoms with van der Waals surface area (Å²) in [6.45, 7) is 11.8. The first-order valence-electron chi connectivity index (χ1n) is 9.72. The molecule has 2 aliphatic heterocycles. The van der Waals surface area contributed by atoms with E-state index in [4.69, 9.17) is 9.47 Å². The summed E-state index contributed by atoms with van der Waals surface area (Å²) in [5.74, 6) is 0.807. The summed E-state index contributed by atoms with van der Waals surface area (Å²) in [6, 6.07) is 0. The lowest BCUT2D eigenvalue weighted by Crippen LogP contribution is -2.68. The standard InChI is InChI=1S/C20H34O4/c1-17(2)12-6-9-19(4)13(18(12,3)8-7-14(17)21)10-15(22)20(5,24-19)16-11-23-16/h12-16,21-22H,6-11H2,1-5H3/t12-,13-,14+,15-,16+,18-,19+,20-/m1/s1. The average molecular weight is 338 g/mol. The molecular weight excluding hydrogens is 304 g/mol. The van der Waals surface area contributed by atoms with Gasteiger partial charge in [0.2, 0.25) is 0 Å². The largest absolute Gasteiger partial charge is 0.393 e. The second-order valence-electron chi connectivity index (χ2n) is 10.2. The molecule has 2 heterocycles. The Kier molecular flexibility index (Phi) is 3.57. The molecule has 0 aromatic heterocycles. The Hall–Kier alpha value is -0.160. The normalized spacial score (nSPS) is 59.4. The summed E-state index contributed by atoms with van der Waals surface area (Å²) in [5.41, 5.74) is -0.732. The lowest BCUT2D eigenvalue weighted by atomic mass is 9.43. The molecule has 0 aromatic carbocycles. The molecule has 0 radical (unpaired) electrons. The highest BCUT2D eigenvalue weighted by Gasteiger charge is 2.66. The first-order valence-corrected chi connectivity index (χ1v) is 9.72. The molecule has 4 aliphatic rings. The summed E-state index contributed by atoms with van der Waals surface area (Å²) < 4.78 is 12.2. The van der Waals surface area contributed by atoms with Crippen molar-refractivity contribution in [3.63, 3.8) is 0 Å². The van der Waals surface area contributed by atoms with E-state index in [1.54, 1.807) is 0 Å². The first kappa shape index (κ1) is 17.3. The Morgan fingerprint density at radius 2 is 1.54 bits per heavy atom. The fourth-order valence-electron chi connectivity index (χ4n) is 6.83. The van der Waals surface area contributed by atoms with Crippen molar-refractivity contribution in [2.24, 2.45) is 22.7 Å². The van der Waals surface area contributed by atoms with Crippen LogP contribution in [0, 0.1) is 22.7 Å². The third kappa shape index (κ3) is 2.12. The fourth-order valence-corrected chi connectivity index (χ4v) is 6.83. The predicted octanol–water partition coefficient (Wildman–Crippen LogP) is 2.90. The van der Waals surface area contributed by atoms with Crippen molar-refractivity contribution in [3.05, 3.63) is 0 Å². The third-order valence-electron chi connectivity index (χ3n) is 8.52. The zero-order chi connectivity index (χ0) is 17.5. The van der Waals surface area contributed by atoms with Crippen molar-refractivity contribution in [2.45, 2.75) is 96.2 Å². The van der Waals surface area contributed by atoms with Crippen LogP contribution in [0.4, 0.5) is 0 Å². The molecule has 24 heavy (non-hydrogen) atoms. The van der Waals surface area contributed by atoms with Gasteiger partial charge >= 0.3 is 0 Å². The van der Waals surface area contributed by atoms with E-state index in [1.807, 2.05) is 6.92 Å². The maximum Gasteiger partial charge on any atom is 0.120 e. The van der Waals surface area contributed by atoms with Gasteiger partial charge in [-0.2, -0.15) is 0 Å². The SMILES string of the molecule is CC1(C)[C@H]2CC[C@]3(C)O[C@@](C)([C@@H]4CO4)[C@H](O)C[C@@H]3[C@]2(C)CC[C@@H]1O. The quantitative estimate of drug-likeness (QED) is 0.722. The van der Waals surface area contributed by atoms with Gasteiger partial charge < -0.3 is 19.7 Å². The average Bonchev–Trinajstić information content (AvgIpc) is 3.31. The Balaban J connectivity index is 1.69. The summed E-state index contributed by atoms with van der Waals surface area (Å²) in [6.07, 6.45) is 4.09. The highest BCUT2D eigenvalue weighted by molar-refractivity contribution is 5.15. The van der Waals surface area contributed by atoms with Crippen LogP contribution in [0.2, 0.25) is 0 Å². The van der Waals surface area contributed by atoms with E-state index in [2.05, 4.69) is 27.7 Å². The van der Waals surface area contributed by atoms with Gasteiger partial charge in [-0.15, -0.1) is 0 Å². The molecule has 0 spiro atoms. The highest BCUT2D eigenvalue weighted by Crippen LogP contribution is 2.66. The molecule has 2 saturated carbocycles. The maximum atomic E-state index is 10.9. The van der Waals surface area contributed by atoms with Crippen LogP contribution in [0.1, 0.15) is 66.7 Å². The van der Waals surface area contributed by atoms with Gasteiger partial charge in [0.1, 0.15) is 11.7 Å². The molecule has 4 rings (SSSR count). The number of ether oxygens (including phenoxy) is 2. The van der Waals surface area contributed by atoms with Gasteiger partial charge in [0.25, 0.3) is 0 Å². The van der Waals surface area contributed by atoms with Gasteiger partial charge in [0.15, 0.2) is 0 Å². The van der Waals surface area contributed by atoms with E-state index >= 15 is 0 Å². The summed E-state index contributed by atoms with van der Waals surface area (Å²) in [5, 5.41) is 21.5. The van der Waals surface area contributed by atoms with Crippen molar-refractivity contribution < 1.29 is 19.7 Å². The van der Waals surface area contributed by atoms with Crippen LogP contribution in [0.15, 0.2) is 0 Å². The first-order chi connectivity index (χ1) is 11.0. The summed E-state index contributed by atoms with van der Waals surface area (Å²) in [7, 11) is 0. The van der Waals surface area contributed by atoms with Crippen molar-refractivity contribution in [1.29, 1.82) is 0 Å². The highest BCUT2D eigenvalue weighted by atomic mass is 16.6. The van der Waals surface area contributed by atoms with E-state index in [0.29, 0.717) is 18.4 Å². The van der Waals surface area contributed by atoms with Gasteiger partial charge in [-0.3, -0.25) is 0 Å². The molecule has 0 amide bonds. The van der Waals surface area contributed by atoms with Gasteiger partial charge in [-0.05, 0) is 68.6 Å². The number of hydrogen-bond acceptors (Lipinski definition) is 4. The molecule has 0 bridgehead atoms. The van der Waals surface area contributed by atoms with Gasteiger partial charge in [-0.25, -0.2) is 0 Å². The van der Waals surface area contributed by atoms with Crippen LogP contribution < -0.4 is 0 Å². The Morgan fingerprint density at radius 1 is 0.875 bits per heavy atom. The minimum absolute atomic E-state index is 0.0421. The molecule has 4 heteroatoms. The number of aliphatic hydroxyl groups is 2. The van der Waals surface area contributed by atoms with E-state index in [1.165, 1.54) is 0 Å². The van der Waals surface area contributed by atoms with Crippen LogP contribution in [0.5, 0.6) is 0 Å². The van der Waals surface area contributed by atoms with Crippen molar-refractivity contribution >= 4 is 0 Å². The molecule has 2 aliphatic carbocycles. The zero-order valence-electron chi connectivity index (χ0n) is 15.8. The molecule has 4 fully saturated rings. The minimum atomic E-state index is -0.571. The summed E-state index contributed by atoms with van der Waals surface area (Å²) >= 11 is 0. The van der Waals surface area contributed by atoms with Crippen LogP contribution >= 0.6 is 0 Å². The number of hydrogen-bond donors (Lipinski definition) is 2. The second kappa shape index (κ2) is 4.97. The second-order valence-corrected chi connectivity index (χ2v) is 10.2. The molecule has 138 valence electrons. The fraction of sp³-hybridized carbons (Fsp3) is 1.00. The predicted molar refractivity (Wildman–Crippen MR) is 91.6 cm³/mol. The van der Waals surface area contributed by atoms with Crippen molar-refractivity contribution in [2.75, 3.05) is 6.61 Å². The van der Waals surface area contributed by atoms with Crippen LogP contribution in [-0.2, 0) is 9.47 Å². The molecular formula is C20H34O4. The van der Waals surface area contributed by atoms with Crippen molar-refractivity contribution in [3.8, 4) is 0 Å². The van der Waals surface area contributed by atoms with Gasteiger partial charge in [0, 0.05) is 0 Å². The van der Waals surface area contributed by atoms with E-state index < -0.39 is 11.7 Å². The zero-order valence-corrected chi connectivity index (χ0v) is 15.8. The van der Waals surface area contributed by atoms with Gasteiger partial charge in [0.05, 0.1) is 24.4 Å². The number of aliphatic hydroxyl groups excluding tert-OH is 2. The number of rotatable bonds is 1. The molecule has 4 nitrogen and oxygen atoms in total. The monoisotopic (exact) mass is 338 g/mol. The number of epoxide rings is 1. The van der Waals surface area contributed by atoms with Gasteiger partial charge in [-0.1, -0.05) is 20.8 Å². The summed E-state index contributed by atoms with van der Waals surface area (Å²) in [4.78, 5) is 0. The molecule has 0 aromatic rings. The van der Waals surface area contributed by atoms with Crippen LogP contribution in [0.3, 0.4) is 0 Å². The van der Waals surface area contributed by atoms with E-state index in [9.17, 15) is 10.2 Å². The van der Waals surface area contributed by atoms with E-state index in [0.717, 1.165) is 32.1 Å². The topological polar surface area (TPSA) is 62.2 Å². The smallest absolute Gasteiger partial charge is 0.120 e. The molecule has 2 saturated heterocycles. The van der Waals surface area contributed by atoms with E-state index in [-0.39, 0.29) is 28.6 Å². The third-order valence-corrected chi connectivity index (χ3v) is 8.52. The minimum Gasteiger partial charge on any atom is -0.393 e. The Bertz CT molecular complexity index is 530. The molecule has 8 atom stereocenters. The Labute approximate surface area is 145 Å². The lowest BCUT2D eigenvalue weighted by Gasteiger charge is -2.66. The Morgan fingerprint density at radius 3 is 2.17 bits per heavy atom. The number of fused-ring (bicyclic) bond motifs is 3. The maximum absolute atomic E-state index is 10.9.